The van der Waals surface area contributed by atoms with Crippen LogP contribution >= 0.6 is 23.2 Å². The Morgan fingerprint density at radius 3 is 0.992 bits per heavy atom. The molecule has 0 aliphatic heterocycles. The van der Waals surface area contributed by atoms with E-state index in [4.69, 9.17) is 32.9 Å². The van der Waals surface area contributed by atoms with Gasteiger partial charge in [-0.25, -0.2) is 29.9 Å². The summed E-state index contributed by atoms with van der Waals surface area (Å²) < 4.78 is 5.69. The van der Waals surface area contributed by atoms with Crippen molar-refractivity contribution < 1.29 is 4.74 Å². The number of benzene rings is 3. The predicted octanol–water partition coefficient (Wildman–Crippen LogP) is 24.2. The molecule has 0 atom stereocenters. The fourth-order valence-corrected chi connectivity index (χ4v) is 15.9. The number of nitrogens with zero attached hydrogens (tertiary/aromatic N) is 18. The lowest BCUT2D eigenvalue weighted by atomic mass is 9.98. The van der Waals surface area contributed by atoms with Crippen LogP contribution in [0.4, 0.5) is 23.3 Å². The second-order valence-corrected chi connectivity index (χ2v) is 32.6. The topological polar surface area (TPSA) is 300 Å². The number of ether oxygens (including phenoxy) is 1. The molecule has 4 N–H and O–H groups in total. The normalized spacial score (nSPS) is 10.9. The molecule has 17 aromatic heterocycles. The molecule has 0 aliphatic carbocycles. The van der Waals surface area contributed by atoms with E-state index < -0.39 is 0 Å². The van der Waals surface area contributed by atoms with E-state index in [9.17, 15) is 5.26 Å². The lowest BCUT2D eigenvalue weighted by Crippen LogP contribution is -2.04. The zero-order valence-electron chi connectivity index (χ0n) is 74.1. The first-order valence-corrected chi connectivity index (χ1v) is 43.7. The Balaban J connectivity index is 0.000000124. The van der Waals surface area contributed by atoms with Crippen molar-refractivity contribution in [3.8, 4) is 101 Å². The van der Waals surface area contributed by atoms with Crippen LogP contribution in [-0.4, -0.2) is 91.8 Å². The van der Waals surface area contributed by atoms with E-state index in [1.54, 1.807) is 44.3 Å². The summed E-state index contributed by atoms with van der Waals surface area (Å²) >= 11 is 12.1. The van der Waals surface area contributed by atoms with Gasteiger partial charge >= 0.3 is 0 Å². The van der Waals surface area contributed by atoms with Gasteiger partial charge in [0.25, 0.3) is 0 Å². The number of aromatic nitrogens is 17. The van der Waals surface area contributed by atoms with E-state index in [1.165, 1.54) is 16.7 Å². The maximum Gasteiger partial charge on any atom is 0.135 e. The van der Waals surface area contributed by atoms with E-state index in [0.717, 1.165) is 207 Å². The number of nitriles is 1. The van der Waals surface area contributed by atoms with Gasteiger partial charge in [-0.1, -0.05) is 77.8 Å². The third kappa shape index (κ3) is 21.9. The Labute approximate surface area is 779 Å². The quantitative estimate of drug-likeness (QED) is 0.0486. The van der Waals surface area contributed by atoms with Crippen molar-refractivity contribution in [2.75, 3.05) is 28.4 Å². The number of anilines is 4. The van der Waals surface area contributed by atoms with Crippen molar-refractivity contribution in [2.45, 2.75) is 74.6 Å². The summed E-state index contributed by atoms with van der Waals surface area (Å²) in [5.74, 6) is 3.98. The predicted molar refractivity (Wildman–Crippen MR) is 531 cm³/mol. The molecule has 0 unspecified atom stereocenters. The molecule has 25 heteroatoms. The first-order valence-electron chi connectivity index (χ1n) is 42.9. The minimum atomic E-state index is 0.445. The van der Waals surface area contributed by atoms with Gasteiger partial charge in [-0.3, -0.25) is 54.8 Å². The van der Waals surface area contributed by atoms with Crippen LogP contribution in [0.15, 0.2) is 318 Å². The summed E-state index contributed by atoms with van der Waals surface area (Å²) in [6.07, 6.45) is 30.8. The molecular formula is C108H88Cl2N22O. The molecule has 3 aromatic carbocycles. The number of nitrogens with one attached hydrogen (secondary N) is 4. The molecule has 17 heterocycles. The molecule has 20 aromatic rings. The first kappa shape index (κ1) is 88.4. The van der Waals surface area contributed by atoms with Crippen molar-refractivity contribution in [3.05, 3.63) is 396 Å². The smallest absolute Gasteiger partial charge is 0.135 e. The van der Waals surface area contributed by atoms with Gasteiger partial charge in [0, 0.05) is 221 Å². The van der Waals surface area contributed by atoms with Crippen molar-refractivity contribution in [1.82, 2.24) is 84.7 Å². The number of hydrogen-bond donors (Lipinski definition) is 4. The standard InChI is InChI=1S/C28H22N6.C28H25N5O.C26H21ClN6.C26H20ClN5/c1-18-11-21(5-8-30-18)25-4-3-20(13-24(25)15-29)16-34-28-26-17-33-27(14-22(26)6-10-32-28)23-7-9-31-19(2)12-23;1-18-12-21(6-9-29-18)24-5-4-20(14-27(24)34-3)16-33-28-25-17-32-26(15-22(25)7-11-31-28)23-8-10-30-19(2)13-23;1-16-9-18(13-32-25(16)21-5-6-28-17(2)10-21)14-33-26-22-15-31-23(11-19(22)3-8-30-26)20-4-7-29-24(27)12-20;1-17-12-20(6-9-28-17)19-4-2-18(3-5-19)15-32-26-23-16-31-24(13-21(23)7-11-30-26)22-8-10-29-25(27)14-22/h3-14,17H,16H2,1-2H3,(H,32,34);4-15,17H,16H2,1-3H3,(H,31,33);3-13,15H,14H2,1-2H3,(H,30,33);2-14,16H,15H2,1H3,(H,30,32). The lowest BCUT2D eigenvalue weighted by Gasteiger charge is -2.13. The van der Waals surface area contributed by atoms with Crippen molar-refractivity contribution in [3.63, 3.8) is 0 Å². The summed E-state index contributed by atoms with van der Waals surface area (Å²) in [4.78, 5) is 75.1. The average molecular weight is 1780 g/mol. The van der Waals surface area contributed by atoms with Crippen LogP contribution < -0.4 is 26.0 Å². The number of pyridine rings is 17. The first-order chi connectivity index (χ1) is 64.9. The summed E-state index contributed by atoms with van der Waals surface area (Å²) in [5.41, 5.74) is 27.8. The van der Waals surface area contributed by atoms with Crippen LogP contribution in [0, 0.1) is 59.8 Å². The van der Waals surface area contributed by atoms with Gasteiger partial charge in [0.1, 0.15) is 39.3 Å². The van der Waals surface area contributed by atoms with Crippen LogP contribution in [0.3, 0.4) is 0 Å². The molecule has 133 heavy (non-hydrogen) atoms. The van der Waals surface area contributed by atoms with E-state index >= 15 is 0 Å². The molecule has 650 valence electrons. The summed E-state index contributed by atoms with van der Waals surface area (Å²) in [6.45, 7) is 16.4. The van der Waals surface area contributed by atoms with Gasteiger partial charge in [0.15, 0.2) is 0 Å². The fraction of sp³-hybridized carbons (Fsp3) is 0.111. The Morgan fingerprint density at radius 1 is 0.271 bits per heavy atom. The van der Waals surface area contributed by atoms with Crippen LogP contribution in [0.1, 0.15) is 67.5 Å². The highest BCUT2D eigenvalue weighted by atomic mass is 35.5. The molecule has 0 saturated heterocycles. The molecule has 0 bridgehead atoms. The molecule has 0 amide bonds. The van der Waals surface area contributed by atoms with Crippen LogP contribution in [-0.2, 0) is 26.2 Å². The third-order valence-corrected chi connectivity index (χ3v) is 22.7. The molecule has 23 nitrogen and oxygen atoms in total. The Kier molecular flexibility index (Phi) is 27.4. The Hall–Kier alpha value is -16.7. The molecule has 0 aliphatic rings. The fourth-order valence-electron chi connectivity index (χ4n) is 15.6. The average Bonchev–Trinajstić information content (AvgIpc) is 0.810. The summed E-state index contributed by atoms with van der Waals surface area (Å²) in [7, 11) is 1.70. The van der Waals surface area contributed by atoms with Gasteiger partial charge in [-0.2, -0.15) is 5.26 Å². The Morgan fingerprint density at radius 2 is 0.594 bits per heavy atom. The SMILES string of the molecule is COc1cc(CNc2nccc3cc(-c4ccnc(C)c4)ncc23)ccc1-c1ccnc(C)c1.Cc1cc(-c2cc3ccnc(NCc4ccc(-c5ccnc(C)c5)c(C#N)c4)c3cn2)ccn1.Cc1cc(-c2ccc(CNc3nccc4cc(-c5ccnc(Cl)c5)ncc34)cc2)ccn1.Cc1cc(-c2ncc(CNc3nccc4cc(-c5ccnc(Cl)c5)ncc34)cc2C)ccn1. The number of methoxy groups -OCH3 is 1. The maximum absolute atomic E-state index is 9.73. The molecule has 0 spiro atoms. The van der Waals surface area contributed by atoms with E-state index in [1.807, 2.05) is 243 Å². The molecule has 0 saturated carbocycles. The molecule has 20 rings (SSSR count). The van der Waals surface area contributed by atoms with Crippen LogP contribution in [0.5, 0.6) is 5.75 Å². The molecule has 0 radical (unpaired) electrons. The van der Waals surface area contributed by atoms with Gasteiger partial charge in [0.2, 0.25) is 0 Å². The van der Waals surface area contributed by atoms with Gasteiger partial charge in [-0.15, -0.1) is 0 Å². The van der Waals surface area contributed by atoms with Crippen molar-refractivity contribution >= 4 is 89.6 Å². The number of rotatable bonds is 21. The highest BCUT2D eigenvalue weighted by molar-refractivity contribution is 6.30. The van der Waals surface area contributed by atoms with E-state index in [2.05, 4.69) is 193 Å². The minimum Gasteiger partial charge on any atom is -0.496 e. The summed E-state index contributed by atoms with van der Waals surface area (Å²) in [6, 6.07) is 73.0. The lowest BCUT2D eigenvalue weighted by molar-refractivity contribution is 0.416. The number of fused-ring (bicyclic) bond motifs is 4. The zero-order valence-corrected chi connectivity index (χ0v) is 75.6. The van der Waals surface area contributed by atoms with E-state index in [0.29, 0.717) is 42.0 Å². The van der Waals surface area contributed by atoms with Gasteiger partial charge in [-0.05, 0) is 283 Å². The van der Waals surface area contributed by atoms with Crippen molar-refractivity contribution in [1.29, 1.82) is 5.26 Å². The summed E-state index contributed by atoms with van der Waals surface area (Å²) in [5, 5.41) is 32.5. The van der Waals surface area contributed by atoms with Gasteiger partial charge in [0.05, 0.1) is 47.2 Å². The highest BCUT2D eigenvalue weighted by Gasteiger charge is 2.17. The monoisotopic (exact) mass is 1780 g/mol. The number of aryl methyl sites for hydroxylation is 7. The zero-order chi connectivity index (χ0) is 91.7. The van der Waals surface area contributed by atoms with Crippen molar-refractivity contribution in [2.24, 2.45) is 0 Å². The second-order valence-electron chi connectivity index (χ2n) is 31.8. The largest absolute Gasteiger partial charge is 0.496 e. The third-order valence-electron chi connectivity index (χ3n) is 22.2. The van der Waals surface area contributed by atoms with Gasteiger partial charge < -0.3 is 26.0 Å². The van der Waals surface area contributed by atoms with Crippen LogP contribution in [0.2, 0.25) is 10.3 Å². The number of halogens is 2. The maximum atomic E-state index is 9.73. The number of hydrogen-bond acceptors (Lipinski definition) is 23. The molecular weight excluding hydrogens is 1690 g/mol. The second kappa shape index (κ2) is 41.2. The minimum absolute atomic E-state index is 0.445. The van der Waals surface area contributed by atoms with E-state index in [-0.39, 0.29) is 0 Å². The molecule has 0 fully saturated rings. The van der Waals surface area contributed by atoms with Crippen LogP contribution in [0.25, 0.3) is 133 Å². The Bertz CT molecular complexity index is 7710. The highest BCUT2D eigenvalue weighted by Crippen LogP contribution is 2.36.